The Morgan fingerprint density at radius 3 is 2.74 bits per heavy atom. The number of anilines is 1. The number of nitrogens with one attached hydrogen (secondary N) is 1. The molecule has 1 amide bonds. The van der Waals surface area contributed by atoms with E-state index < -0.39 is 0 Å². The van der Waals surface area contributed by atoms with Crippen LogP contribution in [0.5, 0.6) is 0 Å². The normalized spacial score (nSPS) is 18.7. The number of amides is 1. The molecule has 0 bridgehead atoms. The van der Waals surface area contributed by atoms with Gasteiger partial charge in [-0.25, -0.2) is 0 Å². The standard InChI is InChI=1S/C15H14BrNO2/c16-13-5-6-14(12-4-2-1-3-11(12)13)17-15(18)10-7-8-19-9-10/h1-6,10H,7-9H2,(H,17,18). The third-order valence-corrected chi connectivity index (χ3v) is 4.12. The van der Waals surface area contributed by atoms with Gasteiger partial charge in [-0.1, -0.05) is 40.2 Å². The van der Waals surface area contributed by atoms with E-state index in [1.54, 1.807) is 0 Å². The summed E-state index contributed by atoms with van der Waals surface area (Å²) in [5.74, 6) is 0.0207. The zero-order valence-electron chi connectivity index (χ0n) is 10.4. The third kappa shape index (κ3) is 2.51. The molecule has 0 saturated carbocycles. The molecule has 1 saturated heterocycles. The number of rotatable bonds is 2. The van der Waals surface area contributed by atoms with Gasteiger partial charge in [0.2, 0.25) is 5.91 Å². The van der Waals surface area contributed by atoms with E-state index in [2.05, 4.69) is 21.2 Å². The van der Waals surface area contributed by atoms with Crippen molar-refractivity contribution in [1.29, 1.82) is 0 Å². The Balaban J connectivity index is 1.92. The number of ether oxygens (including phenoxy) is 1. The maximum Gasteiger partial charge on any atom is 0.229 e. The van der Waals surface area contributed by atoms with Crippen LogP contribution in [0.15, 0.2) is 40.9 Å². The van der Waals surface area contributed by atoms with Crippen LogP contribution in [0.3, 0.4) is 0 Å². The minimum absolute atomic E-state index is 0.0255. The average molecular weight is 320 g/mol. The number of carbonyl (C=O) groups is 1. The molecule has 19 heavy (non-hydrogen) atoms. The molecule has 1 fully saturated rings. The molecule has 1 unspecified atom stereocenters. The number of halogens is 1. The van der Waals surface area contributed by atoms with Crippen molar-refractivity contribution < 1.29 is 9.53 Å². The van der Waals surface area contributed by atoms with Crippen molar-refractivity contribution in [2.24, 2.45) is 5.92 Å². The van der Waals surface area contributed by atoms with E-state index in [4.69, 9.17) is 4.74 Å². The monoisotopic (exact) mass is 319 g/mol. The summed E-state index contributed by atoms with van der Waals surface area (Å²) in [6.07, 6.45) is 0.806. The number of benzene rings is 2. The Morgan fingerprint density at radius 1 is 1.21 bits per heavy atom. The van der Waals surface area contributed by atoms with E-state index in [1.165, 1.54) is 0 Å². The minimum atomic E-state index is -0.0255. The topological polar surface area (TPSA) is 38.3 Å². The predicted molar refractivity (Wildman–Crippen MR) is 79.2 cm³/mol. The molecule has 0 spiro atoms. The van der Waals surface area contributed by atoms with Gasteiger partial charge in [-0.2, -0.15) is 0 Å². The summed E-state index contributed by atoms with van der Waals surface area (Å²) in [7, 11) is 0. The van der Waals surface area contributed by atoms with Gasteiger partial charge >= 0.3 is 0 Å². The Hall–Kier alpha value is -1.39. The first-order valence-electron chi connectivity index (χ1n) is 6.31. The van der Waals surface area contributed by atoms with Crippen LogP contribution < -0.4 is 5.32 Å². The molecular formula is C15H14BrNO2. The van der Waals surface area contributed by atoms with Gasteiger partial charge in [0.15, 0.2) is 0 Å². The highest BCUT2D eigenvalue weighted by Gasteiger charge is 2.23. The van der Waals surface area contributed by atoms with Crippen molar-refractivity contribution in [1.82, 2.24) is 0 Å². The fraction of sp³-hybridized carbons (Fsp3) is 0.267. The highest BCUT2D eigenvalue weighted by atomic mass is 79.9. The highest BCUT2D eigenvalue weighted by molar-refractivity contribution is 9.10. The van der Waals surface area contributed by atoms with Gasteiger partial charge in [0.1, 0.15) is 0 Å². The quantitative estimate of drug-likeness (QED) is 0.918. The molecule has 2 aromatic carbocycles. The average Bonchev–Trinajstić information content (AvgIpc) is 2.96. The molecule has 98 valence electrons. The number of fused-ring (bicyclic) bond motifs is 1. The number of carbonyl (C=O) groups excluding carboxylic acids is 1. The van der Waals surface area contributed by atoms with Crippen LogP contribution in [0.1, 0.15) is 6.42 Å². The van der Waals surface area contributed by atoms with Gasteiger partial charge in [0.25, 0.3) is 0 Å². The maximum atomic E-state index is 12.1. The second-order valence-electron chi connectivity index (χ2n) is 4.69. The molecule has 1 aliphatic heterocycles. The van der Waals surface area contributed by atoms with E-state index in [0.717, 1.165) is 27.4 Å². The molecule has 3 rings (SSSR count). The van der Waals surface area contributed by atoms with Gasteiger partial charge in [0, 0.05) is 22.2 Å². The van der Waals surface area contributed by atoms with Crippen LogP contribution in [-0.2, 0) is 9.53 Å². The molecule has 0 aliphatic carbocycles. The van der Waals surface area contributed by atoms with Crippen LogP contribution >= 0.6 is 15.9 Å². The lowest BCUT2D eigenvalue weighted by molar-refractivity contribution is -0.119. The molecule has 0 aromatic heterocycles. The molecule has 2 aromatic rings. The van der Waals surface area contributed by atoms with Crippen LogP contribution in [0.25, 0.3) is 10.8 Å². The van der Waals surface area contributed by atoms with Crippen molar-refractivity contribution in [2.45, 2.75) is 6.42 Å². The van der Waals surface area contributed by atoms with Gasteiger partial charge in [-0.3, -0.25) is 4.79 Å². The fourth-order valence-electron chi connectivity index (χ4n) is 2.35. The molecule has 4 heteroatoms. The van der Waals surface area contributed by atoms with Gasteiger partial charge < -0.3 is 10.1 Å². The van der Waals surface area contributed by atoms with Gasteiger partial charge in [0.05, 0.1) is 12.5 Å². The van der Waals surface area contributed by atoms with Crippen molar-refractivity contribution in [3.05, 3.63) is 40.9 Å². The number of hydrogen-bond acceptors (Lipinski definition) is 2. The molecule has 1 atom stereocenters. The SMILES string of the molecule is O=C(Nc1ccc(Br)c2ccccc12)C1CCOC1. The largest absolute Gasteiger partial charge is 0.381 e. The summed E-state index contributed by atoms with van der Waals surface area (Å²) in [6, 6.07) is 11.9. The van der Waals surface area contributed by atoms with E-state index in [-0.39, 0.29) is 11.8 Å². The van der Waals surface area contributed by atoms with Gasteiger partial charge in [-0.05, 0) is 23.9 Å². The highest BCUT2D eigenvalue weighted by Crippen LogP contribution is 2.30. The van der Waals surface area contributed by atoms with E-state index in [9.17, 15) is 4.79 Å². The lowest BCUT2D eigenvalue weighted by Gasteiger charge is -2.12. The zero-order chi connectivity index (χ0) is 13.2. The Kier molecular flexibility index (Phi) is 3.53. The minimum Gasteiger partial charge on any atom is -0.381 e. The second-order valence-corrected chi connectivity index (χ2v) is 5.54. The van der Waals surface area contributed by atoms with Gasteiger partial charge in [-0.15, -0.1) is 0 Å². The summed E-state index contributed by atoms with van der Waals surface area (Å²) >= 11 is 3.53. The predicted octanol–water partition coefficient (Wildman–Crippen LogP) is 3.58. The lowest BCUT2D eigenvalue weighted by Crippen LogP contribution is -2.22. The Bertz CT molecular complexity index is 621. The first-order chi connectivity index (χ1) is 9.25. The molecule has 0 radical (unpaired) electrons. The fourth-order valence-corrected chi connectivity index (χ4v) is 2.83. The molecule has 1 heterocycles. The molecule has 1 aliphatic rings. The summed E-state index contributed by atoms with van der Waals surface area (Å²) in [5.41, 5.74) is 0.857. The van der Waals surface area contributed by atoms with E-state index >= 15 is 0 Å². The van der Waals surface area contributed by atoms with Crippen molar-refractivity contribution in [3.63, 3.8) is 0 Å². The van der Waals surface area contributed by atoms with E-state index in [0.29, 0.717) is 13.2 Å². The smallest absolute Gasteiger partial charge is 0.229 e. The summed E-state index contributed by atoms with van der Waals surface area (Å²) in [4.78, 5) is 12.1. The Morgan fingerprint density at radius 2 is 2.00 bits per heavy atom. The molecule has 1 N–H and O–H groups in total. The van der Waals surface area contributed by atoms with Crippen molar-refractivity contribution >= 4 is 38.3 Å². The van der Waals surface area contributed by atoms with Crippen molar-refractivity contribution in [2.75, 3.05) is 18.5 Å². The van der Waals surface area contributed by atoms with Crippen LogP contribution in [0.4, 0.5) is 5.69 Å². The van der Waals surface area contributed by atoms with Crippen molar-refractivity contribution in [3.8, 4) is 0 Å². The Labute approximate surface area is 120 Å². The molecular weight excluding hydrogens is 306 g/mol. The van der Waals surface area contributed by atoms with E-state index in [1.807, 2.05) is 36.4 Å². The van der Waals surface area contributed by atoms with Crippen LogP contribution in [0.2, 0.25) is 0 Å². The maximum absolute atomic E-state index is 12.1. The zero-order valence-corrected chi connectivity index (χ0v) is 11.9. The number of hydrogen-bond donors (Lipinski definition) is 1. The van der Waals surface area contributed by atoms with Crippen LogP contribution in [-0.4, -0.2) is 19.1 Å². The summed E-state index contributed by atoms with van der Waals surface area (Å²) < 4.78 is 6.29. The first kappa shape index (κ1) is 12.6. The summed E-state index contributed by atoms with van der Waals surface area (Å²) in [5, 5.41) is 5.16. The second kappa shape index (κ2) is 5.31. The molecule has 3 nitrogen and oxygen atoms in total. The summed E-state index contributed by atoms with van der Waals surface area (Å²) in [6.45, 7) is 1.21. The lowest BCUT2D eigenvalue weighted by atomic mass is 10.1. The first-order valence-corrected chi connectivity index (χ1v) is 7.11. The van der Waals surface area contributed by atoms with Crippen LogP contribution in [0, 0.1) is 5.92 Å². The third-order valence-electron chi connectivity index (χ3n) is 3.43.